The van der Waals surface area contributed by atoms with Crippen LogP contribution in [0, 0.1) is 0 Å². The molecule has 1 fully saturated rings. The van der Waals surface area contributed by atoms with E-state index in [1.54, 1.807) is 0 Å². The number of nitrogens with one attached hydrogen (secondary N) is 1. The molecule has 2 atom stereocenters. The van der Waals surface area contributed by atoms with Gasteiger partial charge < -0.3 is 10.4 Å². The molecular weight excluding hydrogens is 196 g/mol. The van der Waals surface area contributed by atoms with Gasteiger partial charge in [0.1, 0.15) is 6.04 Å². The van der Waals surface area contributed by atoms with Crippen LogP contribution in [-0.4, -0.2) is 46.6 Å². The zero-order valence-corrected chi connectivity index (χ0v) is 9.36. The smallest absolute Gasteiger partial charge is 0.321 e. The minimum atomic E-state index is -0.809. The number of carboxylic acid groups (broad SMARTS) is 1. The van der Waals surface area contributed by atoms with Crippen LogP contribution in [0.25, 0.3) is 0 Å². The highest BCUT2D eigenvalue weighted by atomic mass is 16.4. The zero-order chi connectivity index (χ0) is 11.6. The van der Waals surface area contributed by atoms with Crippen molar-refractivity contribution < 1.29 is 14.7 Å². The fourth-order valence-electron chi connectivity index (χ4n) is 2.07. The normalized spacial score (nSPS) is 26.9. The molecule has 0 radical (unpaired) electrons. The maximum Gasteiger partial charge on any atom is 0.321 e. The highest BCUT2D eigenvalue weighted by molar-refractivity contribution is 5.75. The summed E-state index contributed by atoms with van der Waals surface area (Å²) in [4.78, 5) is 23.8. The molecule has 1 aliphatic heterocycles. The van der Waals surface area contributed by atoms with Crippen LogP contribution in [0.2, 0.25) is 0 Å². The molecule has 1 aliphatic rings. The SMILES string of the molecule is CC(=O)N[C@@H]1C[C@@H](C(=O)O)N(C(C)C)C1. The first-order chi connectivity index (χ1) is 6.91. The van der Waals surface area contributed by atoms with Gasteiger partial charge >= 0.3 is 5.97 Å². The van der Waals surface area contributed by atoms with Gasteiger partial charge in [-0.3, -0.25) is 14.5 Å². The molecule has 1 amide bonds. The van der Waals surface area contributed by atoms with Gasteiger partial charge in [0, 0.05) is 25.6 Å². The molecule has 0 bridgehead atoms. The molecular formula is C10H18N2O3. The van der Waals surface area contributed by atoms with Crippen molar-refractivity contribution in [2.24, 2.45) is 0 Å². The van der Waals surface area contributed by atoms with Crippen LogP contribution in [0.1, 0.15) is 27.2 Å². The van der Waals surface area contributed by atoms with E-state index in [-0.39, 0.29) is 18.0 Å². The number of amides is 1. The Balaban J connectivity index is 2.65. The standard InChI is InChI=1S/C10H18N2O3/c1-6(2)12-5-8(11-7(3)13)4-9(12)10(14)15/h6,8-9H,4-5H2,1-3H3,(H,11,13)(H,14,15)/t8-,9+/m1/s1. The van der Waals surface area contributed by atoms with Gasteiger partial charge in [-0.15, -0.1) is 0 Å². The highest BCUT2D eigenvalue weighted by Gasteiger charge is 2.38. The topological polar surface area (TPSA) is 69.6 Å². The van der Waals surface area contributed by atoms with E-state index in [9.17, 15) is 9.59 Å². The van der Waals surface area contributed by atoms with Crippen molar-refractivity contribution in [2.75, 3.05) is 6.54 Å². The Morgan fingerprint density at radius 1 is 1.47 bits per heavy atom. The number of aliphatic carboxylic acids is 1. The Hall–Kier alpha value is -1.10. The van der Waals surface area contributed by atoms with Crippen LogP contribution in [0.4, 0.5) is 0 Å². The van der Waals surface area contributed by atoms with Gasteiger partial charge in [0.2, 0.25) is 5.91 Å². The second-order valence-electron chi connectivity index (χ2n) is 4.28. The second-order valence-corrected chi connectivity index (χ2v) is 4.28. The quantitative estimate of drug-likeness (QED) is 0.697. The lowest BCUT2D eigenvalue weighted by atomic mass is 10.1. The van der Waals surface area contributed by atoms with E-state index in [0.717, 1.165) is 0 Å². The van der Waals surface area contributed by atoms with Crippen molar-refractivity contribution in [2.45, 2.75) is 45.3 Å². The summed E-state index contributed by atoms with van der Waals surface area (Å²) in [6.07, 6.45) is 0.493. The predicted molar refractivity (Wildman–Crippen MR) is 55.5 cm³/mol. The first-order valence-corrected chi connectivity index (χ1v) is 5.17. The minimum absolute atomic E-state index is 0.0361. The third-order valence-corrected chi connectivity index (χ3v) is 2.70. The van der Waals surface area contributed by atoms with Gasteiger partial charge in [-0.25, -0.2) is 0 Å². The van der Waals surface area contributed by atoms with Gasteiger partial charge in [0.25, 0.3) is 0 Å². The summed E-state index contributed by atoms with van der Waals surface area (Å²) in [7, 11) is 0. The lowest BCUT2D eigenvalue weighted by molar-refractivity contribution is -0.142. The molecule has 0 aromatic carbocycles. The number of carbonyl (C=O) groups excluding carboxylic acids is 1. The average molecular weight is 214 g/mol. The first-order valence-electron chi connectivity index (χ1n) is 5.17. The predicted octanol–water partition coefficient (Wildman–Crippen LogP) is 0.0584. The summed E-state index contributed by atoms with van der Waals surface area (Å²) >= 11 is 0. The molecule has 2 N–H and O–H groups in total. The highest BCUT2D eigenvalue weighted by Crippen LogP contribution is 2.20. The molecule has 1 heterocycles. The largest absolute Gasteiger partial charge is 0.480 e. The van der Waals surface area contributed by atoms with Crippen LogP contribution < -0.4 is 5.32 Å². The molecule has 1 rings (SSSR count). The number of hydrogen-bond donors (Lipinski definition) is 2. The van der Waals surface area contributed by atoms with Crippen LogP contribution >= 0.6 is 0 Å². The number of nitrogens with zero attached hydrogens (tertiary/aromatic N) is 1. The minimum Gasteiger partial charge on any atom is -0.480 e. The van der Waals surface area contributed by atoms with E-state index < -0.39 is 12.0 Å². The molecule has 1 saturated heterocycles. The lowest BCUT2D eigenvalue weighted by Gasteiger charge is -2.24. The molecule has 0 aromatic rings. The molecule has 0 aromatic heterocycles. The summed E-state index contributed by atoms with van der Waals surface area (Å²) < 4.78 is 0. The Kier molecular flexibility index (Phi) is 3.68. The molecule has 5 heteroatoms. The van der Waals surface area contributed by atoms with E-state index in [4.69, 9.17) is 5.11 Å². The second kappa shape index (κ2) is 4.61. The number of likely N-dealkylation sites (tertiary alicyclic amines) is 1. The van der Waals surface area contributed by atoms with Crippen molar-refractivity contribution in [1.82, 2.24) is 10.2 Å². The molecule has 0 spiro atoms. The van der Waals surface area contributed by atoms with Crippen LogP contribution in [0.5, 0.6) is 0 Å². The van der Waals surface area contributed by atoms with E-state index in [1.165, 1.54) is 6.92 Å². The molecule has 15 heavy (non-hydrogen) atoms. The summed E-state index contributed by atoms with van der Waals surface area (Å²) in [6.45, 7) is 6.00. The Morgan fingerprint density at radius 3 is 2.40 bits per heavy atom. The summed E-state index contributed by atoms with van der Waals surface area (Å²) in [5, 5.41) is 11.8. The fraction of sp³-hybridized carbons (Fsp3) is 0.800. The lowest BCUT2D eigenvalue weighted by Crippen LogP contribution is -2.41. The van der Waals surface area contributed by atoms with Crippen molar-refractivity contribution in [1.29, 1.82) is 0 Å². The van der Waals surface area contributed by atoms with Gasteiger partial charge in [0.15, 0.2) is 0 Å². The monoisotopic (exact) mass is 214 g/mol. The van der Waals surface area contributed by atoms with E-state index in [2.05, 4.69) is 5.32 Å². The Bertz CT molecular complexity index is 265. The summed E-state index contributed by atoms with van der Waals surface area (Å²) in [6, 6.07) is -0.322. The third-order valence-electron chi connectivity index (χ3n) is 2.70. The maximum atomic E-state index is 11.0. The molecule has 0 aliphatic carbocycles. The molecule has 0 saturated carbocycles. The maximum absolute atomic E-state index is 11.0. The van der Waals surface area contributed by atoms with E-state index >= 15 is 0 Å². The van der Waals surface area contributed by atoms with Crippen LogP contribution in [0.3, 0.4) is 0 Å². The number of carboxylic acids is 1. The van der Waals surface area contributed by atoms with Gasteiger partial charge in [0.05, 0.1) is 0 Å². The van der Waals surface area contributed by atoms with Gasteiger partial charge in [-0.1, -0.05) is 0 Å². The van der Waals surface area contributed by atoms with Crippen LogP contribution in [0.15, 0.2) is 0 Å². The van der Waals surface area contributed by atoms with E-state index in [1.807, 2.05) is 18.7 Å². The summed E-state index contributed by atoms with van der Waals surface area (Å²) in [5.74, 6) is -0.911. The fourth-order valence-corrected chi connectivity index (χ4v) is 2.07. The Labute approximate surface area is 89.4 Å². The molecule has 5 nitrogen and oxygen atoms in total. The van der Waals surface area contributed by atoms with Crippen molar-refractivity contribution in [3.8, 4) is 0 Å². The number of rotatable bonds is 3. The first kappa shape index (κ1) is 12.0. The molecule has 86 valence electrons. The third kappa shape index (κ3) is 2.92. The number of carbonyl (C=O) groups is 2. The zero-order valence-electron chi connectivity index (χ0n) is 9.36. The average Bonchev–Trinajstić information content (AvgIpc) is 2.46. The van der Waals surface area contributed by atoms with Gasteiger partial charge in [-0.05, 0) is 20.3 Å². The van der Waals surface area contributed by atoms with Crippen molar-refractivity contribution >= 4 is 11.9 Å². The summed E-state index contributed by atoms with van der Waals surface area (Å²) in [5.41, 5.74) is 0. The van der Waals surface area contributed by atoms with Gasteiger partial charge in [-0.2, -0.15) is 0 Å². The van der Waals surface area contributed by atoms with Crippen molar-refractivity contribution in [3.05, 3.63) is 0 Å². The Morgan fingerprint density at radius 2 is 2.07 bits per heavy atom. The van der Waals surface area contributed by atoms with Crippen LogP contribution in [-0.2, 0) is 9.59 Å². The molecule has 0 unspecified atom stereocenters. The van der Waals surface area contributed by atoms with Crippen molar-refractivity contribution in [3.63, 3.8) is 0 Å². The number of hydrogen-bond acceptors (Lipinski definition) is 3. The van der Waals surface area contributed by atoms with E-state index in [0.29, 0.717) is 13.0 Å².